The third-order valence-electron chi connectivity index (χ3n) is 4.89. The van der Waals surface area contributed by atoms with Gasteiger partial charge >= 0.3 is 0 Å². The zero-order valence-electron chi connectivity index (χ0n) is 13.4. The second kappa shape index (κ2) is 6.39. The number of hydrogen-bond acceptors (Lipinski definition) is 3. The van der Waals surface area contributed by atoms with Crippen molar-refractivity contribution in [1.82, 2.24) is 4.90 Å². The van der Waals surface area contributed by atoms with Gasteiger partial charge < -0.3 is 10.4 Å². The minimum Gasteiger partial charge on any atom is -0.389 e. The van der Waals surface area contributed by atoms with Crippen molar-refractivity contribution in [2.24, 2.45) is 0 Å². The second-order valence-corrected chi connectivity index (χ2v) is 6.81. The fourth-order valence-electron chi connectivity index (χ4n) is 3.78. The van der Waals surface area contributed by atoms with Crippen LogP contribution in [0.2, 0.25) is 0 Å². The molecular formula is C18H26N2O2. The van der Waals surface area contributed by atoms with Crippen LogP contribution in [0.1, 0.15) is 56.6 Å². The van der Waals surface area contributed by atoms with E-state index >= 15 is 0 Å². The molecule has 2 N–H and O–H groups in total. The van der Waals surface area contributed by atoms with Crippen LogP contribution < -0.4 is 5.32 Å². The molecule has 0 saturated heterocycles. The van der Waals surface area contributed by atoms with Crippen molar-refractivity contribution in [2.75, 3.05) is 11.9 Å². The number of rotatable bonds is 5. The molecule has 0 aromatic heterocycles. The fraction of sp³-hybridized carbons (Fsp3) is 0.611. The van der Waals surface area contributed by atoms with Gasteiger partial charge in [-0.25, -0.2) is 0 Å². The largest absolute Gasteiger partial charge is 0.389 e. The average molecular weight is 302 g/mol. The predicted octanol–water partition coefficient (Wildman–Crippen LogP) is 3.05. The maximum atomic E-state index is 12.3. The smallest absolute Gasteiger partial charge is 0.227 e. The minimum atomic E-state index is -0.781. The molecule has 22 heavy (non-hydrogen) atoms. The van der Waals surface area contributed by atoms with Crippen LogP contribution >= 0.6 is 0 Å². The number of aliphatic hydroxyl groups is 1. The van der Waals surface area contributed by atoms with E-state index in [1.54, 1.807) is 0 Å². The van der Waals surface area contributed by atoms with Gasteiger partial charge in [-0.05, 0) is 43.0 Å². The summed E-state index contributed by atoms with van der Waals surface area (Å²) in [5.74, 6) is -0.0632. The highest BCUT2D eigenvalue weighted by molar-refractivity contribution is 5.92. The van der Waals surface area contributed by atoms with Gasteiger partial charge in [-0.2, -0.15) is 0 Å². The summed E-state index contributed by atoms with van der Waals surface area (Å²) >= 11 is 0. The molecule has 1 heterocycles. The van der Waals surface area contributed by atoms with Gasteiger partial charge in [0, 0.05) is 18.8 Å². The number of fused-ring (bicyclic) bond motifs is 1. The van der Waals surface area contributed by atoms with Crippen LogP contribution in [0, 0.1) is 0 Å². The lowest BCUT2D eigenvalue weighted by Gasteiger charge is -2.21. The molecule has 2 aliphatic rings. The van der Waals surface area contributed by atoms with Crippen molar-refractivity contribution in [3.63, 3.8) is 0 Å². The lowest BCUT2D eigenvalue weighted by molar-refractivity contribution is -0.120. The Hall–Kier alpha value is -1.39. The Balaban J connectivity index is 1.66. The molecule has 1 amide bonds. The van der Waals surface area contributed by atoms with E-state index in [2.05, 4.69) is 23.2 Å². The quantitative estimate of drug-likeness (QED) is 0.879. The third kappa shape index (κ3) is 3.33. The van der Waals surface area contributed by atoms with Gasteiger partial charge in [-0.1, -0.05) is 31.9 Å². The number of nitrogens with one attached hydrogen (secondary N) is 1. The normalized spacial score (nSPS) is 20.1. The van der Waals surface area contributed by atoms with Crippen LogP contribution in [-0.2, 0) is 17.9 Å². The first-order chi connectivity index (χ1) is 10.6. The van der Waals surface area contributed by atoms with Crippen molar-refractivity contribution in [3.05, 3.63) is 29.3 Å². The van der Waals surface area contributed by atoms with Gasteiger partial charge in [0.15, 0.2) is 0 Å². The molecule has 0 unspecified atom stereocenters. The van der Waals surface area contributed by atoms with Crippen molar-refractivity contribution < 1.29 is 9.90 Å². The van der Waals surface area contributed by atoms with Crippen LogP contribution in [0.5, 0.6) is 0 Å². The number of anilines is 1. The van der Waals surface area contributed by atoms with Crippen LogP contribution in [-0.4, -0.2) is 28.1 Å². The van der Waals surface area contributed by atoms with E-state index < -0.39 is 5.60 Å². The molecule has 3 rings (SSSR count). The van der Waals surface area contributed by atoms with E-state index in [1.807, 2.05) is 12.1 Å². The maximum Gasteiger partial charge on any atom is 0.227 e. The van der Waals surface area contributed by atoms with Crippen LogP contribution in [0.15, 0.2) is 18.2 Å². The summed E-state index contributed by atoms with van der Waals surface area (Å²) in [6, 6.07) is 6.13. The van der Waals surface area contributed by atoms with E-state index in [4.69, 9.17) is 0 Å². The number of amides is 1. The molecule has 1 aromatic rings. The second-order valence-electron chi connectivity index (χ2n) is 6.81. The minimum absolute atomic E-state index is 0.0632. The van der Waals surface area contributed by atoms with E-state index in [-0.39, 0.29) is 12.3 Å². The zero-order chi connectivity index (χ0) is 15.6. The maximum absolute atomic E-state index is 12.3. The highest BCUT2D eigenvalue weighted by Gasteiger charge is 2.33. The highest BCUT2D eigenvalue weighted by Crippen LogP contribution is 2.33. The average Bonchev–Trinajstić information content (AvgIpc) is 3.06. The molecule has 0 spiro atoms. The molecule has 1 saturated carbocycles. The van der Waals surface area contributed by atoms with Crippen LogP contribution in [0.4, 0.5) is 5.69 Å². The lowest BCUT2D eigenvalue weighted by Crippen LogP contribution is -2.31. The van der Waals surface area contributed by atoms with Gasteiger partial charge in [0.1, 0.15) is 0 Å². The molecule has 4 nitrogen and oxygen atoms in total. The molecule has 1 aromatic carbocycles. The fourth-order valence-corrected chi connectivity index (χ4v) is 3.78. The first-order valence-corrected chi connectivity index (χ1v) is 8.45. The van der Waals surface area contributed by atoms with Crippen LogP contribution in [0.25, 0.3) is 0 Å². The monoisotopic (exact) mass is 302 g/mol. The van der Waals surface area contributed by atoms with E-state index in [1.165, 1.54) is 11.1 Å². The predicted molar refractivity (Wildman–Crippen MR) is 87.5 cm³/mol. The highest BCUT2D eigenvalue weighted by atomic mass is 16.3. The van der Waals surface area contributed by atoms with E-state index in [0.717, 1.165) is 57.4 Å². The van der Waals surface area contributed by atoms with Gasteiger partial charge in [0.25, 0.3) is 0 Å². The molecule has 1 aliphatic heterocycles. The first-order valence-electron chi connectivity index (χ1n) is 8.45. The Bertz CT molecular complexity index is 550. The van der Waals surface area contributed by atoms with E-state index in [9.17, 15) is 9.90 Å². The Morgan fingerprint density at radius 1 is 1.32 bits per heavy atom. The Kier molecular flexibility index (Phi) is 4.50. The number of nitrogens with zero attached hydrogens (tertiary/aromatic N) is 1. The number of carbonyl (C=O) groups excluding carboxylic acids is 1. The van der Waals surface area contributed by atoms with Gasteiger partial charge in [0.05, 0.1) is 12.0 Å². The summed E-state index contributed by atoms with van der Waals surface area (Å²) in [4.78, 5) is 14.7. The molecule has 4 heteroatoms. The van der Waals surface area contributed by atoms with Gasteiger partial charge in [-0.3, -0.25) is 9.69 Å². The standard InChI is InChI=1S/C18H26N2O2/c1-2-10-20-12-14-6-5-7-16(15(14)13-20)19-17(21)11-18(22)8-3-4-9-18/h5-7,22H,2-4,8-13H2,1H3,(H,19,21). The molecular weight excluding hydrogens is 276 g/mol. The Morgan fingerprint density at radius 3 is 2.82 bits per heavy atom. The SMILES string of the molecule is CCCN1Cc2cccc(NC(=O)CC3(O)CCCC3)c2C1. The summed E-state index contributed by atoms with van der Waals surface area (Å²) in [6.45, 7) is 5.15. The summed E-state index contributed by atoms with van der Waals surface area (Å²) in [6.07, 6.45) is 4.90. The summed E-state index contributed by atoms with van der Waals surface area (Å²) in [7, 11) is 0. The summed E-state index contributed by atoms with van der Waals surface area (Å²) in [5.41, 5.74) is 2.69. The number of carbonyl (C=O) groups is 1. The zero-order valence-corrected chi connectivity index (χ0v) is 13.4. The summed E-state index contributed by atoms with van der Waals surface area (Å²) < 4.78 is 0. The van der Waals surface area contributed by atoms with Crippen molar-refractivity contribution >= 4 is 11.6 Å². The van der Waals surface area contributed by atoms with E-state index in [0.29, 0.717) is 0 Å². The van der Waals surface area contributed by atoms with Crippen molar-refractivity contribution in [2.45, 2.75) is 64.1 Å². The molecule has 0 bridgehead atoms. The molecule has 1 aliphatic carbocycles. The van der Waals surface area contributed by atoms with Crippen LogP contribution in [0.3, 0.4) is 0 Å². The molecule has 120 valence electrons. The molecule has 0 atom stereocenters. The Labute approximate surface area is 132 Å². The third-order valence-corrected chi connectivity index (χ3v) is 4.89. The number of hydrogen-bond donors (Lipinski definition) is 2. The van der Waals surface area contributed by atoms with Gasteiger partial charge in [-0.15, -0.1) is 0 Å². The topological polar surface area (TPSA) is 52.6 Å². The van der Waals surface area contributed by atoms with Crippen molar-refractivity contribution in [3.8, 4) is 0 Å². The lowest BCUT2D eigenvalue weighted by atomic mass is 9.97. The first kappa shape index (κ1) is 15.5. The number of benzene rings is 1. The Morgan fingerprint density at radius 2 is 2.09 bits per heavy atom. The molecule has 1 fully saturated rings. The van der Waals surface area contributed by atoms with Crippen molar-refractivity contribution in [1.29, 1.82) is 0 Å². The van der Waals surface area contributed by atoms with Gasteiger partial charge in [0.2, 0.25) is 5.91 Å². The summed E-state index contributed by atoms with van der Waals surface area (Å²) in [5, 5.41) is 13.4. The molecule has 0 radical (unpaired) electrons.